The van der Waals surface area contributed by atoms with E-state index in [0.29, 0.717) is 5.69 Å². The molecule has 0 saturated heterocycles. The van der Waals surface area contributed by atoms with Crippen LogP contribution in [0.25, 0.3) is 11.3 Å². The second kappa shape index (κ2) is 7.31. The smallest absolute Gasteiger partial charge is 0.269 e. The Morgan fingerprint density at radius 3 is 2.74 bits per heavy atom. The van der Waals surface area contributed by atoms with Crippen molar-refractivity contribution in [1.29, 1.82) is 0 Å². The van der Waals surface area contributed by atoms with Crippen LogP contribution in [-0.2, 0) is 0 Å². The predicted octanol–water partition coefficient (Wildman–Crippen LogP) is 3.54. The van der Waals surface area contributed by atoms with Gasteiger partial charge in [-0.2, -0.15) is 5.10 Å². The maximum absolute atomic E-state index is 12.4. The van der Waals surface area contributed by atoms with Crippen LogP contribution < -0.4 is 10.1 Å². The van der Waals surface area contributed by atoms with Gasteiger partial charge >= 0.3 is 0 Å². The highest BCUT2D eigenvalue weighted by Gasteiger charge is 2.17. The lowest BCUT2D eigenvalue weighted by Gasteiger charge is -2.15. The summed E-state index contributed by atoms with van der Waals surface area (Å²) in [6, 6.07) is 9.73. The van der Waals surface area contributed by atoms with Gasteiger partial charge in [-0.05, 0) is 31.0 Å². The molecule has 1 amide bonds. The van der Waals surface area contributed by atoms with Gasteiger partial charge in [-0.1, -0.05) is 37.8 Å². The molecule has 1 saturated carbocycles. The number of benzene rings is 1. The van der Waals surface area contributed by atoms with Crippen molar-refractivity contribution in [3.63, 3.8) is 0 Å². The summed E-state index contributed by atoms with van der Waals surface area (Å²) >= 11 is 0. The minimum atomic E-state index is -0.0708. The Balaban J connectivity index is 1.69. The molecule has 1 aliphatic rings. The van der Waals surface area contributed by atoms with E-state index < -0.39 is 0 Å². The van der Waals surface area contributed by atoms with Gasteiger partial charge in [0.15, 0.2) is 0 Å². The Hall–Kier alpha value is -2.30. The number of ether oxygens (including phenoxy) is 1. The molecule has 0 spiro atoms. The molecule has 1 aromatic carbocycles. The Morgan fingerprint density at radius 1 is 1.22 bits per heavy atom. The normalized spacial score (nSPS) is 15.9. The van der Waals surface area contributed by atoms with Crippen LogP contribution in [0.3, 0.4) is 0 Å². The maximum atomic E-state index is 12.4. The van der Waals surface area contributed by atoms with Crippen LogP contribution >= 0.6 is 0 Å². The van der Waals surface area contributed by atoms with Gasteiger partial charge in [0, 0.05) is 11.6 Å². The fraction of sp³-hybridized carbons (Fsp3) is 0.444. The lowest BCUT2D eigenvalue weighted by atomic mass is 10.1. The molecular weight excluding hydrogens is 290 g/mol. The van der Waals surface area contributed by atoms with Crippen molar-refractivity contribution in [2.75, 3.05) is 7.11 Å². The maximum Gasteiger partial charge on any atom is 0.269 e. The summed E-state index contributed by atoms with van der Waals surface area (Å²) in [7, 11) is 1.63. The summed E-state index contributed by atoms with van der Waals surface area (Å²) < 4.78 is 5.23. The first-order valence-electron chi connectivity index (χ1n) is 8.27. The van der Waals surface area contributed by atoms with Gasteiger partial charge in [-0.15, -0.1) is 0 Å². The van der Waals surface area contributed by atoms with Crippen LogP contribution in [-0.4, -0.2) is 29.3 Å². The second-order valence-corrected chi connectivity index (χ2v) is 6.06. The Labute approximate surface area is 136 Å². The van der Waals surface area contributed by atoms with Crippen molar-refractivity contribution in [3.8, 4) is 17.0 Å². The van der Waals surface area contributed by atoms with E-state index in [1.165, 1.54) is 25.7 Å². The molecule has 0 unspecified atom stereocenters. The Bertz CT molecular complexity index is 658. The number of rotatable bonds is 4. The van der Waals surface area contributed by atoms with Crippen LogP contribution in [0, 0.1) is 0 Å². The predicted molar refractivity (Wildman–Crippen MR) is 89.5 cm³/mol. The van der Waals surface area contributed by atoms with Crippen molar-refractivity contribution >= 4 is 5.91 Å². The third-order valence-corrected chi connectivity index (χ3v) is 4.38. The molecule has 5 nitrogen and oxygen atoms in total. The average Bonchev–Trinajstić information content (AvgIpc) is 2.95. The number of carbonyl (C=O) groups is 1. The molecule has 1 aliphatic carbocycles. The zero-order valence-corrected chi connectivity index (χ0v) is 13.5. The van der Waals surface area contributed by atoms with E-state index in [1.807, 2.05) is 24.3 Å². The fourth-order valence-electron chi connectivity index (χ4n) is 3.06. The monoisotopic (exact) mass is 313 g/mol. The first-order valence-corrected chi connectivity index (χ1v) is 8.27. The number of hydrogen-bond acceptors (Lipinski definition) is 3. The number of methoxy groups -OCH3 is 1. The number of nitrogens with zero attached hydrogens (tertiary/aromatic N) is 1. The summed E-state index contributed by atoms with van der Waals surface area (Å²) in [5, 5.41) is 10.2. The minimum absolute atomic E-state index is 0.0708. The van der Waals surface area contributed by atoms with Crippen LogP contribution in [0.4, 0.5) is 0 Å². The molecule has 0 bridgehead atoms. The molecule has 2 aromatic rings. The molecule has 5 heteroatoms. The highest BCUT2D eigenvalue weighted by molar-refractivity contribution is 5.93. The topological polar surface area (TPSA) is 67.0 Å². The van der Waals surface area contributed by atoms with Crippen molar-refractivity contribution in [2.45, 2.75) is 44.6 Å². The third-order valence-electron chi connectivity index (χ3n) is 4.38. The largest absolute Gasteiger partial charge is 0.497 e. The standard InChI is InChI=1S/C18H23N3O2/c1-23-15-10-6-7-13(11-15)16-12-17(21-20-16)18(22)19-14-8-4-2-3-5-9-14/h6-7,10-12,14H,2-5,8-9H2,1H3,(H,19,22)(H,20,21). The molecule has 0 atom stereocenters. The van der Waals surface area contributed by atoms with E-state index in [0.717, 1.165) is 29.8 Å². The molecule has 3 rings (SSSR count). The van der Waals surface area contributed by atoms with Crippen LogP contribution in [0.15, 0.2) is 30.3 Å². The average molecular weight is 313 g/mol. The Morgan fingerprint density at radius 2 is 2.00 bits per heavy atom. The van der Waals surface area contributed by atoms with Gasteiger partial charge in [-0.3, -0.25) is 9.89 Å². The number of amides is 1. The number of hydrogen-bond donors (Lipinski definition) is 2. The van der Waals surface area contributed by atoms with Crippen molar-refractivity contribution in [2.24, 2.45) is 0 Å². The zero-order chi connectivity index (χ0) is 16.1. The van der Waals surface area contributed by atoms with Crippen molar-refractivity contribution in [1.82, 2.24) is 15.5 Å². The van der Waals surface area contributed by atoms with Crippen LogP contribution in [0.1, 0.15) is 49.0 Å². The number of carbonyl (C=O) groups excluding carboxylic acids is 1. The lowest BCUT2D eigenvalue weighted by molar-refractivity contribution is 0.0928. The summed E-state index contributed by atoms with van der Waals surface area (Å²) in [6.45, 7) is 0. The van der Waals surface area contributed by atoms with Gasteiger partial charge in [0.05, 0.1) is 12.8 Å². The summed E-state index contributed by atoms with van der Waals surface area (Å²) in [5.74, 6) is 0.702. The van der Waals surface area contributed by atoms with Gasteiger partial charge in [0.1, 0.15) is 11.4 Å². The number of aromatic nitrogens is 2. The number of H-pyrrole nitrogens is 1. The molecule has 1 fully saturated rings. The van der Waals surface area contributed by atoms with E-state index in [1.54, 1.807) is 13.2 Å². The molecule has 1 heterocycles. The molecule has 23 heavy (non-hydrogen) atoms. The summed E-state index contributed by atoms with van der Waals surface area (Å²) in [4.78, 5) is 12.4. The summed E-state index contributed by atoms with van der Waals surface area (Å²) in [6.07, 6.45) is 7.09. The van der Waals surface area contributed by atoms with E-state index in [2.05, 4.69) is 15.5 Å². The fourth-order valence-corrected chi connectivity index (χ4v) is 3.06. The second-order valence-electron chi connectivity index (χ2n) is 6.06. The minimum Gasteiger partial charge on any atom is -0.497 e. The Kier molecular flexibility index (Phi) is 4.95. The van der Waals surface area contributed by atoms with Gasteiger partial charge < -0.3 is 10.1 Å². The van der Waals surface area contributed by atoms with Crippen LogP contribution in [0.2, 0.25) is 0 Å². The van der Waals surface area contributed by atoms with E-state index in [4.69, 9.17) is 4.74 Å². The van der Waals surface area contributed by atoms with Crippen molar-refractivity contribution in [3.05, 3.63) is 36.0 Å². The SMILES string of the molecule is COc1cccc(-c2cc(C(=O)NC3CCCCCC3)[nH]n2)c1. The zero-order valence-electron chi connectivity index (χ0n) is 13.5. The van der Waals surface area contributed by atoms with Gasteiger partial charge in [0.2, 0.25) is 0 Å². The van der Waals surface area contributed by atoms with Crippen LogP contribution in [0.5, 0.6) is 5.75 Å². The van der Waals surface area contributed by atoms with Crippen molar-refractivity contribution < 1.29 is 9.53 Å². The molecule has 0 radical (unpaired) electrons. The third kappa shape index (κ3) is 3.92. The molecule has 0 aliphatic heterocycles. The number of nitrogens with one attached hydrogen (secondary N) is 2. The first kappa shape index (κ1) is 15.6. The molecule has 1 aromatic heterocycles. The first-order chi connectivity index (χ1) is 11.3. The highest BCUT2D eigenvalue weighted by atomic mass is 16.5. The van der Waals surface area contributed by atoms with E-state index >= 15 is 0 Å². The molecule has 122 valence electrons. The number of aromatic amines is 1. The van der Waals surface area contributed by atoms with E-state index in [-0.39, 0.29) is 11.9 Å². The molecular formula is C18H23N3O2. The van der Waals surface area contributed by atoms with Gasteiger partial charge in [0.25, 0.3) is 5.91 Å². The quantitative estimate of drug-likeness (QED) is 0.848. The molecule has 2 N–H and O–H groups in total. The van der Waals surface area contributed by atoms with E-state index in [9.17, 15) is 4.79 Å². The summed E-state index contributed by atoms with van der Waals surface area (Å²) in [5.41, 5.74) is 2.18. The van der Waals surface area contributed by atoms with Gasteiger partial charge in [-0.25, -0.2) is 0 Å². The lowest BCUT2D eigenvalue weighted by Crippen LogP contribution is -2.34. The highest BCUT2D eigenvalue weighted by Crippen LogP contribution is 2.23.